The minimum Gasteiger partial charge on any atom is -0.378 e. The Morgan fingerprint density at radius 3 is 2.47 bits per heavy atom. The Balaban J connectivity index is 1.08. The molecule has 2 aromatic rings. The van der Waals surface area contributed by atoms with Crippen LogP contribution in [0, 0.1) is 6.92 Å². The zero-order chi connectivity index (χ0) is 25.2. The number of ether oxygens (including phenoxy) is 1. The number of carbonyl (C=O) groups is 1. The second-order valence-electron chi connectivity index (χ2n) is 9.71. The number of amides is 1. The van der Waals surface area contributed by atoms with Crippen molar-refractivity contribution in [2.45, 2.75) is 39.2 Å². The minimum absolute atomic E-state index is 0.0133. The molecule has 2 aliphatic rings. The second-order valence-corrected chi connectivity index (χ2v) is 9.71. The minimum atomic E-state index is -0.152. The molecule has 0 aliphatic carbocycles. The summed E-state index contributed by atoms with van der Waals surface area (Å²) in [6.45, 7) is 11.7. The first-order valence-corrected chi connectivity index (χ1v) is 13.3. The largest absolute Gasteiger partial charge is 0.378 e. The standard InChI is InChI=1S/C27H40N6O3/c1-22-24(26(35)30-27(29-22)33-17-19-36-20-18-33)9-10-25(34)28-11-5-6-12-31-13-15-32(16-14-31)21-23-7-3-2-4-8-23/h2-4,7-8H,5-6,9-21H2,1H3,(H,28,34)(H,29,30,35). The number of piperazine rings is 1. The lowest BCUT2D eigenvalue weighted by molar-refractivity contribution is -0.121. The van der Waals surface area contributed by atoms with Gasteiger partial charge in [-0.05, 0) is 38.3 Å². The molecule has 0 radical (unpaired) electrons. The zero-order valence-electron chi connectivity index (χ0n) is 21.5. The van der Waals surface area contributed by atoms with Gasteiger partial charge in [-0.25, -0.2) is 4.98 Å². The van der Waals surface area contributed by atoms with Crippen LogP contribution in [-0.4, -0.2) is 91.2 Å². The summed E-state index contributed by atoms with van der Waals surface area (Å²) < 4.78 is 5.36. The summed E-state index contributed by atoms with van der Waals surface area (Å²) in [6, 6.07) is 10.7. The zero-order valence-corrected chi connectivity index (χ0v) is 21.5. The van der Waals surface area contributed by atoms with Gasteiger partial charge in [0.05, 0.1) is 13.2 Å². The first-order chi connectivity index (χ1) is 17.6. The molecular formula is C27H40N6O3. The van der Waals surface area contributed by atoms with Crippen molar-refractivity contribution in [3.05, 3.63) is 57.5 Å². The molecule has 9 nitrogen and oxygen atoms in total. The quantitative estimate of drug-likeness (QED) is 0.456. The number of anilines is 1. The van der Waals surface area contributed by atoms with E-state index >= 15 is 0 Å². The number of nitrogens with one attached hydrogen (secondary N) is 2. The van der Waals surface area contributed by atoms with Crippen LogP contribution in [0.25, 0.3) is 0 Å². The number of carbonyl (C=O) groups excluding carboxylic acids is 1. The molecule has 0 bridgehead atoms. The summed E-state index contributed by atoms with van der Waals surface area (Å²) in [5.41, 5.74) is 2.51. The number of hydrogen-bond donors (Lipinski definition) is 2. The SMILES string of the molecule is Cc1nc(N2CCOCC2)[nH]c(=O)c1CCC(=O)NCCCCN1CCN(Cc2ccccc2)CC1. The van der Waals surface area contributed by atoms with E-state index in [-0.39, 0.29) is 11.5 Å². The molecule has 3 heterocycles. The lowest BCUT2D eigenvalue weighted by atomic mass is 10.1. The van der Waals surface area contributed by atoms with Crippen molar-refractivity contribution < 1.29 is 9.53 Å². The normalized spacial score (nSPS) is 17.3. The van der Waals surface area contributed by atoms with Crippen LogP contribution in [0.2, 0.25) is 0 Å². The summed E-state index contributed by atoms with van der Waals surface area (Å²) in [4.78, 5) is 39.4. The van der Waals surface area contributed by atoms with Gasteiger partial charge in [0.2, 0.25) is 11.9 Å². The summed E-state index contributed by atoms with van der Waals surface area (Å²) >= 11 is 0. The van der Waals surface area contributed by atoms with E-state index in [4.69, 9.17) is 4.74 Å². The lowest BCUT2D eigenvalue weighted by Gasteiger charge is -2.34. The van der Waals surface area contributed by atoms with Crippen LogP contribution < -0.4 is 15.8 Å². The predicted molar refractivity (Wildman–Crippen MR) is 141 cm³/mol. The molecule has 0 atom stereocenters. The Hall–Kier alpha value is -2.75. The maximum Gasteiger partial charge on any atom is 0.255 e. The van der Waals surface area contributed by atoms with E-state index in [1.807, 2.05) is 11.8 Å². The lowest BCUT2D eigenvalue weighted by Crippen LogP contribution is -2.46. The maximum absolute atomic E-state index is 12.6. The first-order valence-electron chi connectivity index (χ1n) is 13.3. The number of benzene rings is 1. The van der Waals surface area contributed by atoms with Crippen molar-refractivity contribution >= 4 is 11.9 Å². The van der Waals surface area contributed by atoms with Crippen molar-refractivity contribution in [1.82, 2.24) is 25.1 Å². The van der Waals surface area contributed by atoms with Crippen molar-refractivity contribution in [3.8, 4) is 0 Å². The number of nitrogens with zero attached hydrogens (tertiary/aromatic N) is 4. The third-order valence-corrected chi connectivity index (χ3v) is 7.06. The van der Waals surface area contributed by atoms with Gasteiger partial charge in [0, 0.05) is 70.0 Å². The topological polar surface area (TPSA) is 93.8 Å². The molecule has 4 rings (SSSR count). The molecule has 0 saturated carbocycles. The van der Waals surface area contributed by atoms with Crippen molar-refractivity contribution in [2.24, 2.45) is 0 Å². The number of morpholine rings is 1. The van der Waals surface area contributed by atoms with E-state index in [2.05, 4.69) is 55.4 Å². The number of H-pyrrole nitrogens is 1. The Morgan fingerprint density at radius 2 is 1.75 bits per heavy atom. The van der Waals surface area contributed by atoms with Crippen LogP contribution in [0.15, 0.2) is 35.1 Å². The van der Waals surface area contributed by atoms with Crippen molar-refractivity contribution in [1.29, 1.82) is 0 Å². The van der Waals surface area contributed by atoms with E-state index in [1.54, 1.807) is 0 Å². The molecule has 1 aromatic carbocycles. The molecule has 1 amide bonds. The number of unbranched alkanes of at least 4 members (excludes halogenated alkanes) is 1. The highest BCUT2D eigenvalue weighted by Crippen LogP contribution is 2.12. The summed E-state index contributed by atoms with van der Waals surface area (Å²) in [7, 11) is 0. The van der Waals surface area contributed by atoms with Gasteiger partial charge in [-0.1, -0.05) is 30.3 Å². The summed E-state index contributed by atoms with van der Waals surface area (Å²) in [6.07, 6.45) is 2.73. The Kier molecular flexibility index (Phi) is 9.89. The molecule has 36 heavy (non-hydrogen) atoms. The number of aromatic nitrogens is 2. The van der Waals surface area contributed by atoms with E-state index in [9.17, 15) is 9.59 Å². The van der Waals surface area contributed by atoms with E-state index in [0.717, 1.165) is 52.1 Å². The van der Waals surface area contributed by atoms with E-state index < -0.39 is 0 Å². The number of aromatic amines is 1. The van der Waals surface area contributed by atoms with Gasteiger partial charge in [0.15, 0.2) is 0 Å². The van der Waals surface area contributed by atoms with Gasteiger partial charge in [-0.3, -0.25) is 19.5 Å². The highest BCUT2D eigenvalue weighted by molar-refractivity contribution is 5.76. The van der Waals surface area contributed by atoms with Crippen LogP contribution in [-0.2, 0) is 22.5 Å². The Bertz CT molecular complexity index is 1010. The fourth-order valence-electron chi connectivity index (χ4n) is 4.84. The smallest absolute Gasteiger partial charge is 0.255 e. The summed E-state index contributed by atoms with van der Waals surface area (Å²) in [5, 5.41) is 3.01. The molecule has 2 fully saturated rings. The Labute approximate surface area is 213 Å². The first kappa shape index (κ1) is 26.3. The molecule has 2 N–H and O–H groups in total. The van der Waals surface area contributed by atoms with Crippen LogP contribution in [0.5, 0.6) is 0 Å². The van der Waals surface area contributed by atoms with E-state index in [0.29, 0.717) is 62.9 Å². The predicted octanol–water partition coefficient (Wildman–Crippen LogP) is 1.56. The van der Waals surface area contributed by atoms with Crippen LogP contribution in [0.3, 0.4) is 0 Å². The van der Waals surface area contributed by atoms with E-state index in [1.165, 1.54) is 5.56 Å². The van der Waals surface area contributed by atoms with Gasteiger partial charge >= 0.3 is 0 Å². The monoisotopic (exact) mass is 496 g/mol. The average molecular weight is 497 g/mol. The van der Waals surface area contributed by atoms with Crippen LogP contribution in [0.1, 0.15) is 36.1 Å². The maximum atomic E-state index is 12.6. The summed E-state index contributed by atoms with van der Waals surface area (Å²) in [5.74, 6) is 0.576. The molecule has 0 unspecified atom stereocenters. The molecule has 0 spiro atoms. The highest BCUT2D eigenvalue weighted by atomic mass is 16.5. The van der Waals surface area contributed by atoms with Gasteiger partial charge in [-0.15, -0.1) is 0 Å². The molecule has 2 saturated heterocycles. The second kappa shape index (κ2) is 13.5. The van der Waals surface area contributed by atoms with Gasteiger partial charge < -0.3 is 19.9 Å². The van der Waals surface area contributed by atoms with Crippen LogP contribution in [0.4, 0.5) is 5.95 Å². The number of rotatable bonds is 11. The molecule has 196 valence electrons. The van der Waals surface area contributed by atoms with Crippen molar-refractivity contribution in [2.75, 3.05) is 70.5 Å². The molecule has 9 heteroatoms. The van der Waals surface area contributed by atoms with Crippen molar-refractivity contribution in [3.63, 3.8) is 0 Å². The molecular weight excluding hydrogens is 456 g/mol. The molecule has 2 aliphatic heterocycles. The van der Waals surface area contributed by atoms with Gasteiger partial charge in [0.1, 0.15) is 0 Å². The van der Waals surface area contributed by atoms with Gasteiger partial charge in [-0.2, -0.15) is 0 Å². The third kappa shape index (κ3) is 7.88. The fourth-order valence-corrected chi connectivity index (χ4v) is 4.84. The third-order valence-electron chi connectivity index (χ3n) is 7.06. The number of aryl methyl sites for hydroxylation is 1. The molecule has 1 aromatic heterocycles. The number of hydrogen-bond acceptors (Lipinski definition) is 7. The van der Waals surface area contributed by atoms with Crippen LogP contribution >= 0.6 is 0 Å². The average Bonchev–Trinajstić information content (AvgIpc) is 2.90. The van der Waals surface area contributed by atoms with Gasteiger partial charge in [0.25, 0.3) is 5.56 Å². The fraction of sp³-hybridized carbons (Fsp3) is 0.593. The Morgan fingerprint density at radius 1 is 1.03 bits per heavy atom. The highest BCUT2D eigenvalue weighted by Gasteiger charge is 2.18.